The fourth-order valence-corrected chi connectivity index (χ4v) is 3.17. The molecule has 1 aromatic heterocycles. The number of ether oxygens (including phenoxy) is 2. The van der Waals surface area contributed by atoms with Crippen molar-refractivity contribution in [2.24, 2.45) is 0 Å². The van der Waals surface area contributed by atoms with E-state index >= 15 is 0 Å². The molecule has 118 valence electrons. The van der Waals surface area contributed by atoms with E-state index in [1.54, 1.807) is 7.11 Å². The minimum Gasteiger partial charge on any atom is -0.380 e. The summed E-state index contributed by atoms with van der Waals surface area (Å²) in [5.41, 5.74) is 2.26. The molecular formula is C16H27N3O2. The Morgan fingerprint density at radius 1 is 1.29 bits per heavy atom. The van der Waals surface area contributed by atoms with Crippen LogP contribution >= 0.6 is 0 Å². The van der Waals surface area contributed by atoms with E-state index in [0.29, 0.717) is 18.2 Å². The molecule has 1 N–H and O–H groups in total. The van der Waals surface area contributed by atoms with Gasteiger partial charge in [0.1, 0.15) is 5.82 Å². The number of hydrogen-bond acceptors (Lipinski definition) is 4. The van der Waals surface area contributed by atoms with Crippen molar-refractivity contribution in [2.75, 3.05) is 26.8 Å². The topological polar surface area (TPSA) is 50.4 Å². The summed E-state index contributed by atoms with van der Waals surface area (Å²) >= 11 is 0. The maximum Gasteiger partial charge on any atom is 0.124 e. The van der Waals surface area contributed by atoms with Crippen LogP contribution in [-0.4, -0.2) is 53.9 Å². The summed E-state index contributed by atoms with van der Waals surface area (Å²) in [6.45, 7) is 6.88. The maximum absolute atomic E-state index is 5.91. The smallest absolute Gasteiger partial charge is 0.124 e. The number of methoxy groups -OCH3 is 1. The van der Waals surface area contributed by atoms with E-state index in [-0.39, 0.29) is 0 Å². The lowest BCUT2D eigenvalue weighted by Crippen LogP contribution is -2.32. The van der Waals surface area contributed by atoms with Crippen molar-refractivity contribution in [3.8, 4) is 0 Å². The van der Waals surface area contributed by atoms with Crippen LogP contribution < -0.4 is 0 Å². The summed E-state index contributed by atoms with van der Waals surface area (Å²) in [4.78, 5) is 10.6. The number of nitrogens with zero attached hydrogens (tertiary/aromatic N) is 2. The molecule has 1 aliphatic heterocycles. The van der Waals surface area contributed by atoms with E-state index in [1.807, 2.05) is 0 Å². The van der Waals surface area contributed by atoms with Crippen LogP contribution in [0, 0.1) is 13.8 Å². The molecule has 0 bridgehead atoms. The van der Waals surface area contributed by atoms with Crippen LogP contribution in [-0.2, 0) is 9.47 Å². The lowest BCUT2D eigenvalue weighted by molar-refractivity contribution is -0.0100. The van der Waals surface area contributed by atoms with Gasteiger partial charge in [-0.1, -0.05) is 0 Å². The first kappa shape index (κ1) is 15.0. The molecule has 3 rings (SSSR count). The zero-order valence-electron chi connectivity index (χ0n) is 13.4. The maximum atomic E-state index is 5.91. The molecule has 0 amide bonds. The second-order valence-electron chi connectivity index (χ2n) is 6.36. The number of aromatic nitrogens is 2. The van der Waals surface area contributed by atoms with Gasteiger partial charge in [-0.2, -0.15) is 0 Å². The van der Waals surface area contributed by atoms with Gasteiger partial charge in [0.25, 0.3) is 0 Å². The Bertz CT molecular complexity index is 451. The SMILES string of the molecule is CO[C@@H]1C[C@@H](c2nc(C)c(C)[nH]2)N(CCOC2CCC2)C1. The third kappa shape index (κ3) is 3.30. The van der Waals surface area contributed by atoms with E-state index in [0.717, 1.165) is 43.3 Å². The molecule has 0 aromatic carbocycles. The molecule has 5 heteroatoms. The average Bonchev–Trinajstić information content (AvgIpc) is 2.97. The van der Waals surface area contributed by atoms with Crippen LogP contribution in [0.4, 0.5) is 0 Å². The first-order valence-electron chi connectivity index (χ1n) is 8.09. The van der Waals surface area contributed by atoms with Crippen molar-refractivity contribution in [3.63, 3.8) is 0 Å². The Balaban J connectivity index is 1.61. The van der Waals surface area contributed by atoms with Gasteiger partial charge in [0.05, 0.1) is 30.6 Å². The minimum absolute atomic E-state index is 0.296. The molecule has 0 unspecified atom stereocenters. The molecule has 1 saturated heterocycles. The molecule has 2 heterocycles. The highest BCUT2D eigenvalue weighted by Crippen LogP contribution is 2.32. The summed E-state index contributed by atoms with van der Waals surface area (Å²) in [6.07, 6.45) is 5.61. The molecule has 1 aromatic rings. The van der Waals surface area contributed by atoms with Gasteiger partial charge in [-0.25, -0.2) is 4.98 Å². The average molecular weight is 293 g/mol. The standard InChI is InChI=1S/C16H27N3O2/c1-11-12(2)18-16(17-11)15-9-14(20-3)10-19(15)7-8-21-13-5-4-6-13/h13-15H,4-10H2,1-3H3,(H,17,18)/t14-,15+/m1/s1. The normalized spacial score (nSPS) is 27.2. The third-order valence-electron chi connectivity index (χ3n) is 4.94. The number of hydrogen-bond donors (Lipinski definition) is 1. The van der Waals surface area contributed by atoms with E-state index in [4.69, 9.17) is 9.47 Å². The highest BCUT2D eigenvalue weighted by Gasteiger charge is 2.35. The Hall–Kier alpha value is -0.910. The second kappa shape index (κ2) is 6.46. The monoisotopic (exact) mass is 293 g/mol. The lowest BCUT2D eigenvalue weighted by atomic mass is 9.96. The summed E-state index contributed by atoms with van der Waals surface area (Å²) < 4.78 is 11.5. The van der Waals surface area contributed by atoms with Crippen molar-refractivity contribution in [2.45, 2.75) is 57.8 Å². The summed E-state index contributed by atoms with van der Waals surface area (Å²) in [6, 6.07) is 0.326. The fourth-order valence-electron chi connectivity index (χ4n) is 3.17. The van der Waals surface area contributed by atoms with Gasteiger partial charge in [-0.15, -0.1) is 0 Å². The van der Waals surface area contributed by atoms with E-state index in [2.05, 4.69) is 28.7 Å². The molecule has 21 heavy (non-hydrogen) atoms. The molecule has 1 saturated carbocycles. The first-order valence-corrected chi connectivity index (χ1v) is 8.09. The third-order valence-corrected chi connectivity index (χ3v) is 4.94. The van der Waals surface area contributed by atoms with Crippen molar-refractivity contribution < 1.29 is 9.47 Å². The largest absolute Gasteiger partial charge is 0.380 e. The number of aryl methyl sites for hydroxylation is 2. The first-order chi connectivity index (χ1) is 10.2. The second-order valence-corrected chi connectivity index (χ2v) is 6.36. The summed E-state index contributed by atoms with van der Waals surface area (Å²) in [5.74, 6) is 1.08. The molecule has 0 radical (unpaired) electrons. The summed E-state index contributed by atoms with van der Waals surface area (Å²) in [5, 5.41) is 0. The van der Waals surface area contributed by atoms with Gasteiger partial charge in [0, 0.05) is 25.9 Å². The Morgan fingerprint density at radius 3 is 2.67 bits per heavy atom. The molecule has 0 spiro atoms. The quantitative estimate of drug-likeness (QED) is 0.875. The Labute approximate surface area is 127 Å². The minimum atomic E-state index is 0.296. The molecule has 1 aliphatic carbocycles. The number of aromatic amines is 1. The lowest BCUT2D eigenvalue weighted by Gasteiger charge is -2.28. The highest BCUT2D eigenvalue weighted by molar-refractivity contribution is 5.14. The zero-order chi connectivity index (χ0) is 14.8. The van der Waals surface area contributed by atoms with Gasteiger partial charge < -0.3 is 14.5 Å². The molecule has 5 nitrogen and oxygen atoms in total. The molecule has 2 atom stereocenters. The Morgan fingerprint density at radius 2 is 2.10 bits per heavy atom. The number of rotatable bonds is 6. The number of H-pyrrole nitrogens is 1. The predicted molar refractivity (Wildman–Crippen MR) is 81.4 cm³/mol. The van der Waals surface area contributed by atoms with E-state index < -0.39 is 0 Å². The van der Waals surface area contributed by atoms with Crippen molar-refractivity contribution >= 4 is 0 Å². The van der Waals surface area contributed by atoms with Gasteiger partial charge in [-0.3, -0.25) is 4.90 Å². The fraction of sp³-hybridized carbons (Fsp3) is 0.812. The van der Waals surface area contributed by atoms with Crippen molar-refractivity contribution in [3.05, 3.63) is 17.2 Å². The van der Waals surface area contributed by atoms with Gasteiger partial charge in [0.15, 0.2) is 0 Å². The van der Waals surface area contributed by atoms with Crippen LogP contribution in [0.25, 0.3) is 0 Å². The number of imidazole rings is 1. The van der Waals surface area contributed by atoms with Crippen molar-refractivity contribution in [1.82, 2.24) is 14.9 Å². The van der Waals surface area contributed by atoms with Crippen LogP contribution in [0.15, 0.2) is 0 Å². The van der Waals surface area contributed by atoms with E-state index in [9.17, 15) is 0 Å². The summed E-state index contributed by atoms with van der Waals surface area (Å²) in [7, 11) is 1.80. The van der Waals surface area contributed by atoms with Crippen molar-refractivity contribution in [1.29, 1.82) is 0 Å². The van der Waals surface area contributed by atoms with Gasteiger partial charge >= 0.3 is 0 Å². The zero-order valence-corrected chi connectivity index (χ0v) is 13.4. The predicted octanol–water partition coefficient (Wildman–Crippen LogP) is 2.36. The van der Waals surface area contributed by atoms with Gasteiger partial charge in [-0.05, 0) is 39.5 Å². The van der Waals surface area contributed by atoms with Gasteiger partial charge in [0.2, 0.25) is 0 Å². The van der Waals surface area contributed by atoms with Crippen LogP contribution in [0.3, 0.4) is 0 Å². The molecule has 2 fully saturated rings. The van der Waals surface area contributed by atoms with Crippen LogP contribution in [0.2, 0.25) is 0 Å². The molecular weight excluding hydrogens is 266 g/mol. The van der Waals surface area contributed by atoms with Crippen LogP contribution in [0.1, 0.15) is 48.9 Å². The highest BCUT2D eigenvalue weighted by atomic mass is 16.5. The van der Waals surface area contributed by atoms with E-state index in [1.165, 1.54) is 19.3 Å². The Kier molecular flexibility index (Phi) is 4.62. The molecule has 2 aliphatic rings. The number of likely N-dealkylation sites (tertiary alicyclic amines) is 1. The number of nitrogens with one attached hydrogen (secondary N) is 1. The van der Waals surface area contributed by atoms with Crippen LogP contribution in [0.5, 0.6) is 0 Å².